The molecule has 0 aliphatic carbocycles. The second-order valence-electron chi connectivity index (χ2n) is 4.22. The Labute approximate surface area is 120 Å². The maximum Gasteiger partial charge on any atom is 0.205 e. The van der Waals surface area contributed by atoms with Gasteiger partial charge in [0.2, 0.25) is 5.78 Å². The zero-order valence-corrected chi connectivity index (χ0v) is 11.2. The van der Waals surface area contributed by atoms with E-state index in [0.717, 1.165) is 0 Å². The molecule has 0 saturated carbocycles. The van der Waals surface area contributed by atoms with Crippen molar-refractivity contribution in [2.75, 3.05) is 0 Å². The summed E-state index contributed by atoms with van der Waals surface area (Å²) >= 11 is 5.71. The lowest BCUT2D eigenvalue weighted by Crippen LogP contribution is -2.12. The summed E-state index contributed by atoms with van der Waals surface area (Å²) in [5.74, 6) is -1.08. The summed E-state index contributed by atoms with van der Waals surface area (Å²) in [5, 5.41) is 0.515. The lowest BCUT2D eigenvalue weighted by Gasteiger charge is -2.00. The van der Waals surface area contributed by atoms with Crippen LogP contribution in [-0.4, -0.2) is 17.3 Å². The fraction of sp³-hybridized carbons (Fsp3) is 0.133. The van der Waals surface area contributed by atoms with E-state index in [4.69, 9.17) is 16.0 Å². The van der Waals surface area contributed by atoms with Crippen molar-refractivity contribution in [1.29, 1.82) is 0 Å². The number of furan rings is 1. The summed E-state index contributed by atoms with van der Waals surface area (Å²) in [6, 6.07) is 9.30. The standard InChI is InChI=1S/C15H11ClO4/c16-11-5-3-10(4-6-11)13(18)8-12(17)9-14(19)15-2-1-7-20-15/h1-7H,8-9H2. The van der Waals surface area contributed by atoms with Gasteiger partial charge in [-0.2, -0.15) is 0 Å². The van der Waals surface area contributed by atoms with E-state index in [1.807, 2.05) is 0 Å². The number of halogens is 1. The van der Waals surface area contributed by atoms with Gasteiger partial charge in [-0.25, -0.2) is 0 Å². The second-order valence-corrected chi connectivity index (χ2v) is 4.66. The molecule has 2 aromatic rings. The fourth-order valence-electron chi connectivity index (χ4n) is 1.68. The minimum absolute atomic E-state index is 0.122. The molecular formula is C15H11ClO4. The van der Waals surface area contributed by atoms with Crippen LogP contribution in [0.15, 0.2) is 47.1 Å². The zero-order chi connectivity index (χ0) is 14.5. The second kappa shape index (κ2) is 6.30. The van der Waals surface area contributed by atoms with Crippen LogP contribution in [0.1, 0.15) is 33.8 Å². The molecule has 4 nitrogen and oxygen atoms in total. The van der Waals surface area contributed by atoms with E-state index in [2.05, 4.69) is 0 Å². The lowest BCUT2D eigenvalue weighted by atomic mass is 10.0. The number of carbonyl (C=O) groups is 3. The van der Waals surface area contributed by atoms with E-state index in [9.17, 15) is 14.4 Å². The largest absolute Gasteiger partial charge is 0.461 e. The van der Waals surface area contributed by atoms with Crippen molar-refractivity contribution >= 4 is 29.0 Å². The third-order valence-corrected chi connectivity index (χ3v) is 2.93. The molecule has 0 unspecified atom stereocenters. The van der Waals surface area contributed by atoms with Crippen LogP contribution in [-0.2, 0) is 4.79 Å². The summed E-state index contributed by atoms with van der Waals surface area (Å²) in [5.41, 5.74) is 0.396. The molecule has 0 N–H and O–H groups in total. The molecule has 0 radical (unpaired) electrons. The summed E-state index contributed by atoms with van der Waals surface area (Å²) < 4.78 is 4.90. The average Bonchev–Trinajstić information content (AvgIpc) is 2.93. The predicted octanol–water partition coefficient (Wildman–Crippen LogP) is 3.35. The van der Waals surface area contributed by atoms with Crippen LogP contribution in [0.4, 0.5) is 0 Å². The Kier molecular flexibility index (Phi) is 4.48. The van der Waals surface area contributed by atoms with Gasteiger partial charge in [0.1, 0.15) is 5.78 Å². The molecule has 0 aliphatic rings. The molecule has 0 amide bonds. The van der Waals surface area contributed by atoms with Crippen molar-refractivity contribution in [3.05, 3.63) is 59.0 Å². The summed E-state index contributed by atoms with van der Waals surface area (Å²) in [6.07, 6.45) is 0.706. The van der Waals surface area contributed by atoms with E-state index in [1.165, 1.54) is 12.3 Å². The molecule has 0 atom stereocenters. The van der Waals surface area contributed by atoms with Gasteiger partial charge >= 0.3 is 0 Å². The molecular weight excluding hydrogens is 280 g/mol. The van der Waals surface area contributed by atoms with Crippen LogP contribution in [0.3, 0.4) is 0 Å². The third-order valence-electron chi connectivity index (χ3n) is 2.68. The minimum atomic E-state index is -0.439. The number of Topliss-reactive ketones (excluding diaryl/α,β-unsaturated/α-hetero) is 3. The van der Waals surface area contributed by atoms with Gasteiger partial charge in [0.25, 0.3) is 0 Å². The first kappa shape index (κ1) is 14.2. The first-order valence-electron chi connectivity index (χ1n) is 5.93. The molecule has 0 aliphatic heterocycles. The number of benzene rings is 1. The number of hydrogen-bond donors (Lipinski definition) is 0. The lowest BCUT2D eigenvalue weighted by molar-refractivity contribution is -0.117. The van der Waals surface area contributed by atoms with Crippen LogP contribution in [0, 0.1) is 0 Å². The van der Waals surface area contributed by atoms with Crippen LogP contribution >= 0.6 is 11.6 Å². The topological polar surface area (TPSA) is 64.3 Å². The molecule has 1 aromatic carbocycles. The maximum absolute atomic E-state index is 11.8. The third kappa shape index (κ3) is 3.65. The maximum atomic E-state index is 11.8. The fourth-order valence-corrected chi connectivity index (χ4v) is 1.81. The molecule has 0 bridgehead atoms. The van der Waals surface area contributed by atoms with E-state index >= 15 is 0 Å². The Bertz CT molecular complexity index is 626. The summed E-state index contributed by atoms with van der Waals surface area (Å²) in [6.45, 7) is 0. The molecule has 1 aromatic heterocycles. The average molecular weight is 291 g/mol. The number of rotatable bonds is 6. The number of hydrogen-bond acceptors (Lipinski definition) is 4. The normalized spacial score (nSPS) is 10.2. The van der Waals surface area contributed by atoms with Crippen molar-refractivity contribution in [1.82, 2.24) is 0 Å². The summed E-state index contributed by atoms with van der Waals surface area (Å²) in [4.78, 5) is 35.2. The van der Waals surface area contributed by atoms with Gasteiger partial charge < -0.3 is 4.42 Å². The highest BCUT2D eigenvalue weighted by molar-refractivity contribution is 6.30. The first-order valence-corrected chi connectivity index (χ1v) is 6.31. The first-order chi connectivity index (χ1) is 9.56. The monoisotopic (exact) mass is 290 g/mol. The Morgan fingerprint density at radius 2 is 1.60 bits per heavy atom. The van der Waals surface area contributed by atoms with Crippen LogP contribution in [0.2, 0.25) is 5.02 Å². The Morgan fingerprint density at radius 1 is 0.950 bits per heavy atom. The molecule has 102 valence electrons. The Hall–Kier alpha value is -2.20. The SMILES string of the molecule is O=C(CC(=O)c1ccc(Cl)cc1)CC(=O)c1ccco1. The van der Waals surface area contributed by atoms with Crippen molar-refractivity contribution in [2.24, 2.45) is 0 Å². The predicted molar refractivity (Wildman–Crippen MR) is 73.1 cm³/mol. The van der Waals surface area contributed by atoms with E-state index in [0.29, 0.717) is 10.6 Å². The number of carbonyl (C=O) groups excluding carboxylic acids is 3. The molecule has 0 fully saturated rings. The molecule has 0 spiro atoms. The highest BCUT2D eigenvalue weighted by Crippen LogP contribution is 2.12. The molecule has 20 heavy (non-hydrogen) atoms. The van der Waals surface area contributed by atoms with E-state index in [-0.39, 0.29) is 24.4 Å². The van der Waals surface area contributed by atoms with Gasteiger partial charge in [0.05, 0.1) is 19.1 Å². The van der Waals surface area contributed by atoms with Crippen molar-refractivity contribution < 1.29 is 18.8 Å². The molecule has 2 rings (SSSR count). The Morgan fingerprint density at radius 3 is 2.20 bits per heavy atom. The van der Waals surface area contributed by atoms with Crippen LogP contribution in [0.25, 0.3) is 0 Å². The van der Waals surface area contributed by atoms with Gasteiger partial charge in [-0.1, -0.05) is 11.6 Å². The Balaban J connectivity index is 1.93. The van der Waals surface area contributed by atoms with E-state index in [1.54, 1.807) is 30.3 Å². The zero-order valence-electron chi connectivity index (χ0n) is 10.5. The van der Waals surface area contributed by atoms with Gasteiger partial charge in [-0.15, -0.1) is 0 Å². The molecule has 5 heteroatoms. The van der Waals surface area contributed by atoms with Crippen molar-refractivity contribution in [3.63, 3.8) is 0 Å². The summed E-state index contributed by atoms with van der Waals surface area (Å²) in [7, 11) is 0. The number of ketones is 3. The van der Waals surface area contributed by atoms with Gasteiger partial charge in [0.15, 0.2) is 11.5 Å². The van der Waals surface area contributed by atoms with E-state index < -0.39 is 11.6 Å². The van der Waals surface area contributed by atoms with Gasteiger partial charge in [-0.3, -0.25) is 14.4 Å². The van der Waals surface area contributed by atoms with Gasteiger partial charge in [-0.05, 0) is 36.4 Å². The van der Waals surface area contributed by atoms with Crippen LogP contribution in [0.5, 0.6) is 0 Å². The minimum Gasteiger partial charge on any atom is -0.461 e. The van der Waals surface area contributed by atoms with Crippen molar-refractivity contribution in [3.8, 4) is 0 Å². The molecule has 1 heterocycles. The van der Waals surface area contributed by atoms with Crippen LogP contribution < -0.4 is 0 Å². The quantitative estimate of drug-likeness (QED) is 0.604. The molecule has 0 saturated heterocycles. The highest BCUT2D eigenvalue weighted by Gasteiger charge is 2.17. The smallest absolute Gasteiger partial charge is 0.205 e. The van der Waals surface area contributed by atoms with Gasteiger partial charge in [0, 0.05) is 10.6 Å². The highest BCUT2D eigenvalue weighted by atomic mass is 35.5. The van der Waals surface area contributed by atoms with Crippen molar-refractivity contribution in [2.45, 2.75) is 12.8 Å².